The van der Waals surface area contributed by atoms with E-state index in [2.05, 4.69) is 5.32 Å². The highest BCUT2D eigenvalue weighted by Gasteiger charge is 2.24. The van der Waals surface area contributed by atoms with E-state index in [9.17, 15) is 17.2 Å². The van der Waals surface area contributed by atoms with Crippen molar-refractivity contribution in [1.29, 1.82) is 0 Å². The Balaban J connectivity index is 2.94. The number of rotatable bonds is 6. The van der Waals surface area contributed by atoms with Crippen molar-refractivity contribution in [2.24, 2.45) is 0 Å². The predicted molar refractivity (Wildman–Crippen MR) is 76.2 cm³/mol. The van der Waals surface area contributed by atoms with Gasteiger partial charge in [-0.15, -0.1) is 0 Å². The van der Waals surface area contributed by atoms with E-state index in [1.54, 1.807) is 0 Å². The predicted octanol–water partition coefficient (Wildman–Crippen LogP) is 2.40. The summed E-state index contributed by atoms with van der Waals surface area (Å²) < 4.78 is 53.4. The standard InChI is InChI=1S/C13H20F2N2O2S/c1-8(2)16-7-10(4)20(18,19)17-13-11(14)6-5-9(3)12(13)15/h5-6,8,10,16-17H,7H2,1-4H3. The van der Waals surface area contributed by atoms with Crippen LogP contribution in [-0.4, -0.2) is 26.3 Å². The second kappa shape index (κ2) is 6.49. The number of anilines is 1. The molecule has 0 spiro atoms. The largest absolute Gasteiger partial charge is 0.313 e. The Bertz CT molecular complexity index is 574. The molecule has 0 fully saturated rings. The van der Waals surface area contributed by atoms with Crippen molar-refractivity contribution in [3.8, 4) is 0 Å². The molecule has 0 saturated carbocycles. The summed E-state index contributed by atoms with van der Waals surface area (Å²) in [5, 5.41) is 2.16. The number of sulfonamides is 1. The van der Waals surface area contributed by atoms with Gasteiger partial charge in [0.2, 0.25) is 10.0 Å². The van der Waals surface area contributed by atoms with Gasteiger partial charge < -0.3 is 5.32 Å². The van der Waals surface area contributed by atoms with Crippen LogP contribution in [-0.2, 0) is 10.0 Å². The number of nitrogens with one attached hydrogen (secondary N) is 2. The molecule has 1 rings (SSSR count). The molecule has 1 aromatic carbocycles. The number of hydrogen-bond acceptors (Lipinski definition) is 3. The molecule has 0 radical (unpaired) electrons. The zero-order valence-electron chi connectivity index (χ0n) is 12.0. The molecule has 0 saturated heterocycles. The Morgan fingerprint density at radius 3 is 2.35 bits per heavy atom. The highest BCUT2D eigenvalue weighted by atomic mass is 32.2. The monoisotopic (exact) mass is 306 g/mol. The Morgan fingerprint density at radius 2 is 1.80 bits per heavy atom. The molecule has 114 valence electrons. The molecule has 0 amide bonds. The van der Waals surface area contributed by atoms with E-state index in [1.165, 1.54) is 19.9 Å². The van der Waals surface area contributed by atoms with E-state index in [-0.39, 0.29) is 18.2 Å². The lowest BCUT2D eigenvalue weighted by Crippen LogP contribution is -2.37. The minimum atomic E-state index is -3.86. The van der Waals surface area contributed by atoms with Gasteiger partial charge in [-0.3, -0.25) is 4.72 Å². The first-order valence-electron chi connectivity index (χ1n) is 6.34. The fourth-order valence-corrected chi connectivity index (χ4v) is 2.49. The molecule has 20 heavy (non-hydrogen) atoms. The second-order valence-corrected chi connectivity index (χ2v) is 7.17. The van der Waals surface area contributed by atoms with Crippen LogP contribution in [0.4, 0.5) is 14.5 Å². The van der Waals surface area contributed by atoms with Gasteiger partial charge in [0, 0.05) is 12.6 Å². The molecule has 0 aliphatic heterocycles. The Labute approximate surface area is 118 Å². The van der Waals surface area contributed by atoms with Crippen LogP contribution in [0.15, 0.2) is 12.1 Å². The van der Waals surface area contributed by atoms with Gasteiger partial charge in [-0.2, -0.15) is 0 Å². The van der Waals surface area contributed by atoms with E-state index in [0.717, 1.165) is 6.07 Å². The summed E-state index contributed by atoms with van der Waals surface area (Å²) in [5.74, 6) is -1.82. The molecule has 2 N–H and O–H groups in total. The highest BCUT2D eigenvalue weighted by molar-refractivity contribution is 7.93. The smallest absolute Gasteiger partial charge is 0.236 e. The minimum absolute atomic E-state index is 0.125. The van der Waals surface area contributed by atoms with Gasteiger partial charge in [-0.25, -0.2) is 17.2 Å². The second-order valence-electron chi connectivity index (χ2n) is 5.07. The van der Waals surface area contributed by atoms with Crippen LogP contribution in [0.25, 0.3) is 0 Å². The van der Waals surface area contributed by atoms with E-state index >= 15 is 0 Å². The molecule has 0 aliphatic carbocycles. The highest BCUT2D eigenvalue weighted by Crippen LogP contribution is 2.23. The number of aryl methyl sites for hydroxylation is 1. The first-order valence-corrected chi connectivity index (χ1v) is 7.89. The van der Waals surface area contributed by atoms with Gasteiger partial charge in [0.05, 0.1) is 5.25 Å². The van der Waals surface area contributed by atoms with Gasteiger partial charge in [0.1, 0.15) is 11.5 Å². The molecule has 4 nitrogen and oxygen atoms in total. The van der Waals surface area contributed by atoms with Gasteiger partial charge in [-0.05, 0) is 25.5 Å². The summed E-state index contributed by atoms with van der Waals surface area (Å²) in [6.45, 7) is 6.88. The van der Waals surface area contributed by atoms with Gasteiger partial charge in [0.25, 0.3) is 0 Å². The normalized spacial score (nSPS) is 13.6. The minimum Gasteiger partial charge on any atom is -0.313 e. The maximum Gasteiger partial charge on any atom is 0.236 e. The lowest BCUT2D eigenvalue weighted by atomic mass is 10.2. The van der Waals surface area contributed by atoms with Crippen molar-refractivity contribution < 1.29 is 17.2 Å². The molecule has 1 unspecified atom stereocenters. The Kier molecular flexibility index (Phi) is 5.47. The third-order valence-electron chi connectivity index (χ3n) is 2.87. The molecule has 1 atom stereocenters. The zero-order valence-corrected chi connectivity index (χ0v) is 12.8. The maximum atomic E-state index is 13.8. The number of halogens is 2. The molecule has 0 heterocycles. The molecule has 0 aliphatic rings. The molecule has 0 aromatic heterocycles. The van der Waals surface area contributed by atoms with E-state index in [1.807, 2.05) is 18.6 Å². The molecule has 1 aromatic rings. The lowest BCUT2D eigenvalue weighted by Gasteiger charge is -2.18. The fraction of sp³-hybridized carbons (Fsp3) is 0.538. The first-order chi connectivity index (χ1) is 9.15. The summed E-state index contributed by atoms with van der Waals surface area (Å²) in [7, 11) is -3.86. The summed E-state index contributed by atoms with van der Waals surface area (Å²) in [6.07, 6.45) is 0. The van der Waals surface area contributed by atoms with Crippen molar-refractivity contribution in [3.63, 3.8) is 0 Å². The van der Waals surface area contributed by atoms with Gasteiger partial charge >= 0.3 is 0 Å². The lowest BCUT2D eigenvalue weighted by molar-refractivity contribution is 0.550. The van der Waals surface area contributed by atoms with Crippen molar-refractivity contribution >= 4 is 15.7 Å². The van der Waals surface area contributed by atoms with Crippen molar-refractivity contribution in [2.75, 3.05) is 11.3 Å². The summed E-state index contributed by atoms with van der Waals surface area (Å²) >= 11 is 0. The summed E-state index contributed by atoms with van der Waals surface area (Å²) in [5.41, 5.74) is -0.446. The first kappa shape index (κ1) is 16.8. The molecular formula is C13H20F2N2O2S. The third kappa shape index (κ3) is 4.14. The number of hydrogen-bond donors (Lipinski definition) is 2. The van der Waals surface area contributed by atoms with Crippen LogP contribution >= 0.6 is 0 Å². The zero-order chi connectivity index (χ0) is 15.5. The average molecular weight is 306 g/mol. The van der Waals surface area contributed by atoms with E-state index in [0.29, 0.717) is 0 Å². The Morgan fingerprint density at radius 1 is 1.20 bits per heavy atom. The summed E-state index contributed by atoms with van der Waals surface area (Å²) in [4.78, 5) is 0. The van der Waals surface area contributed by atoms with Crippen molar-refractivity contribution in [3.05, 3.63) is 29.3 Å². The quantitative estimate of drug-likeness (QED) is 0.848. The van der Waals surface area contributed by atoms with Gasteiger partial charge in [0.15, 0.2) is 5.82 Å². The van der Waals surface area contributed by atoms with Crippen LogP contribution in [0, 0.1) is 18.6 Å². The van der Waals surface area contributed by atoms with E-state index in [4.69, 9.17) is 0 Å². The van der Waals surface area contributed by atoms with Crippen LogP contribution in [0.3, 0.4) is 0 Å². The van der Waals surface area contributed by atoms with Gasteiger partial charge in [-0.1, -0.05) is 19.9 Å². The molecule has 7 heteroatoms. The molecular weight excluding hydrogens is 286 g/mol. The van der Waals surface area contributed by atoms with Crippen LogP contribution < -0.4 is 10.0 Å². The van der Waals surface area contributed by atoms with E-state index < -0.39 is 32.6 Å². The third-order valence-corrected chi connectivity index (χ3v) is 4.59. The van der Waals surface area contributed by atoms with Crippen molar-refractivity contribution in [1.82, 2.24) is 5.32 Å². The van der Waals surface area contributed by atoms with Crippen LogP contribution in [0.2, 0.25) is 0 Å². The maximum absolute atomic E-state index is 13.8. The van der Waals surface area contributed by atoms with Crippen LogP contribution in [0.5, 0.6) is 0 Å². The number of benzene rings is 1. The van der Waals surface area contributed by atoms with Crippen LogP contribution in [0.1, 0.15) is 26.3 Å². The average Bonchev–Trinajstić information content (AvgIpc) is 2.36. The SMILES string of the molecule is Cc1ccc(F)c(NS(=O)(=O)C(C)CNC(C)C)c1F. The fourth-order valence-electron chi connectivity index (χ4n) is 1.50. The summed E-state index contributed by atoms with van der Waals surface area (Å²) in [6, 6.07) is 2.42. The topological polar surface area (TPSA) is 58.2 Å². The molecule has 0 bridgehead atoms. The Hall–Kier alpha value is -1.21. The van der Waals surface area contributed by atoms with Crippen molar-refractivity contribution in [2.45, 2.75) is 39.0 Å².